The zero-order valence-electron chi connectivity index (χ0n) is 9.64. The average Bonchev–Trinajstić information content (AvgIpc) is 2.64. The van der Waals surface area contributed by atoms with Gasteiger partial charge < -0.3 is 15.8 Å². The van der Waals surface area contributed by atoms with Crippen LogP contribution in [0.3, 0.4) is 0 Å². The van der Waals surface area contributed by atoms with E-state index in [-0.39, 0.29) is 5.91 Å². The van der Waals surface area contributed by atoms with Crippen LogP contribution in [0.25, 0.3) is 0 Å². The van der Waals surface area contributed by atoms with E-state index in [0.29, 0.717) is 18.7 Å². The van der Waals surface area contributed by atoms with Gasteiger partial charge in [-0.05, 0) is 12.8 Å². The van der Waals surface area contributed by atoms with E-state index in [1.165, 1.54) is 0 Å². The fourth-order valence-corrected chi connectivity index (χ4v) is 1.30. The lowest BCUT2D eigenvalue weighted by molar-refractivity contribution is -0.117. The summed E-state index contributed by atoms with van der Waals surface area (Å²) in [5.41, 5.74) is 6.38. The maximum atomic E-state index is 11.6. The lowest BCUT2D eigenvalue weighted by atomic mass is 10.1. The number of nitrogens with one attached hydrogen (secondary N) is 1. The molecule has 0 aliphatic rings. The second-order valence-corrected chi connectivity index (χ2v) is 3.63. The summed E-state index contributed by atoms with van der Waals surface area (Å²) in [7, 11) is 3.41. The van der Waals surface area contributed by atoms with Crippen molar-refractivity contribution in [2.24, 2.45) is 12.8 Å². The lowest BCUT2D eigenvalue weighted by Gasteiger charge is -2.10. The second kappa shape index (κ2) is 6.24. The Morgan fingerprint density at radius 2 is 2.50 bits per heavy atom. The molecule has 6 heteroatoms. The Morgan fingerprint density at radius 1 is 1.75 bits per heavy atom. The van der Waals surface area contributed by atoms with Gasteiger partial charge >= 0.3 is 0 Å². The second-order valence-electron chi connectivity index (χ2n) is 3.63. The van der Waals surface area contributed by atoms with Crippen LogP contribution >= 0.6 is 0 Å². The number of ether oxygens (including phenoxy) is 1. The van der Waals surface area contributed by atoms with Crippen LogP contribution in [0, 0.1) is 0 Å². The zero-order valence-corrected chi connectivity index (χ0v) is 9.64. The first-order chi connectivity index (χ1) is 7.63. The molecule has 1 aromatic heterocycles. The highest BCUT2D eigenvalue weighted by Gasteiger charge is 2.13. The number of carbonyl (C=O) groups is 1. The largest absolute Gasteiger partial charge is 0.385 e. The summed E-state index contributed by atoms with van der Waals surface area (Å²) in [4.78, 5) is 11.6. The first-order valence-corrected chi connectivity index (χ1v) is 5.17. The molecule has 0 radical (unpaired) electrons. The van der Waals surface area contributed by atoms with Gasteiger partial charge in [-0.15, -0.1) is 0 Å². The Morgan fingerprint density at radius 3 is 3.06 bits per heavy atom. The maximum Gasteiger partial charge on any atom is 0.241 e. The molecule has 0 fully saturated rings. The van der Waals surface area contributed by atoms with Gasteiger partial charge in [-0.1, -0.05) is 0 Å². The minimum atomic E-state index is -0.504. The molecule has 0 aromatic carbocycles. The van der Waals surface area contributed by atoms with Crippen molar-refractivity contribution in [1.82, 2.24) is 9.78 Å². The Labute approximate surface area is 94.8 Å². The van der Waals surface area contributed by atoms with Crippen molar-refractivity contribution in [3.8, 4) is 0 Å². The normalized spacial score (nSPS) is 12.4. The molecule has 0 aliphatic carbocycles. The van der Waals surface area contributed by atoms with E-state index in [9.17, 15) is 4.79 Å². The molecule has 0 saturated carbocycles. The molecular weight excluding hydrogens is 208 g/mol. The van der Waals surface area contributed by atoms with Crippen LogP contribution in [0.2, 0.25) is 0 Å². The van der Waals surface area contributed by atoms with Crippen LogP contribution in [0.1, 0.15) is 12.8 Å². The van der Waals surface area contributed by atoms with Gasteiger partial charge in [0.1, 0.15) is 0 Å². The van der Waals surface area contributed by atoms with Gasteiger partial charge in [-0.25, -0.2) is 0 Å². The standard InChI is InChI=1S/C10H18N4O2/c1-14-7-8(6-12-14)13-10(15)9(11)4-3-5-16-2/h6-7,9H,3-5,11H2,1-2H3,(H,13,15). The van der Waals surface area contributed by atoms with E-state index in [1.54, 1.807) is 31.2 Å². The number of rotatable bonds is 6. The average molecular weight is 226 g/mol. The first kappa shape index (κ1) is 12.7. The van der Waals surface area contributed by atoms with Gasteiger partial charge in [0.25, 0.3) is 0 Å². The van der Waals surface area contributed by atoms with E-state index in [0.717, 1.165) is 6.42 Å². The number of aryl methyl sites for hydroxylation is 1. The third-order valence-corrected chi connectivity index (χ3v) is 2.17. The van der Waals surface area contributed by atoms with Crippen LogP contribution in [-0.2, 0) is 16.6 Å². The minimum Gasteiger partial charge on any atom is -0.385 e. The number of nitrogens with two attached hydrogens (primary N) is 1. The van der Waals surface area contributed by atoms with Gasteiger partial charge in [0.05, 0.1) is 17.9 Å². The van der Waals surface area contributed by atoms with E-state index in [2.05, 4.69) is 10.4 Å². The number of carbonyl (C=O) groups excluding carboxylic acids is 1. The van der Waals surface area contributed by atoms with Gasteiger partial charge in [-0.3, -0.25) is 9.48 Å². The minimum absolute atomic E-state index is 0.191. The summed E-state index contributed by atoms with van der Waals surface area (Å²) < 4.78 is 6.51. The number of aromatic nitrogens is 2. The van der Waals surface area contributed by atoms with Crippen molar-refractivity contribution in [3.63, 3.8) is 0 Å². The molecule has 16 heavy (non-hydrogen) atoms. The summed E-state index contributed by atoms with van der Waals surface area (Å²) in [6.45, 7) is 0.619. The third kappa shape index (κ3) is 4.00. The molecule has 1 amide bonds. The van der Waals surface area contributed by atoms with Gasteiger partial charge in [0, 0.05) is 27.0 Å². The van der Waals surface area contributed by atoms with Gasteiger partial charge in [0.2, 0.25) is 5.91 Å². The van der Waals surface area contributed by atoms with Crippen molar-refractivity contribution in [2.75, 3.05) is 19.0 Å². The molecule has 1 heterocycles. The lowest BCUT2D eigenvalue weighted by Crippen LogP contribution is -2.35. The molecule has 0 spiro atoms. The summed E-state index contributed by atoms with van der Waals surface area (Å²) in [5, 5.41) is 6.65. The topological polar surface area (TPSA) is 82.2 Å². The Kier molecular flexibility index (Phi) is 4.94. The Balaban J connectivity index is 2.34. The summed E-state index contributed by atoms with van der Waals surface area (Å²) in [6.07, 6.45) is 4.69. The quantitative estimate of drug-likeness (QED) is 0.675. The van der Waals surface area contributed by atoms with Crippen molar-refractivity contribution in [1.29, 1.82) is 0 Å². The van der Waals surface area contributed by atoms with Crippen molar-refractivity contribution in [2.45, 2.75) is 18.9 Å². The van der Waals surface area contributed by atoms with Crippen LogP contribution < -0.4 is 11.1 Å². The van der Waals surface area contributed by atoms with E-state index >= 15 is 0 Å². The number of anilines is 1. The monoisotopic (exact) mass is 226 g/mol. The highest BCUT2D eigenvalue weighted by atomic mass is 16.5. The van der Waals surface area contributed by atoms with E-state index in [1.807, 2.05) is 0 Å². The van der Waals surface area contributed by atoms with Gasteiger partial charge in [-0.2, -0.15) is 5.10 Å². The molecular formula is C10H18N4O2. The van der Waals surface area contributed by atoms with E-state index < -0.39 is 6.04 Å². The fraction of sp³-hybridized carbons (Fsp3) is 0.600. The predicted molar refractivity (Wildman–Crippen MR) is 60.9 cm³/mol. The van der Waals surface area contributed by atoms with Crippen LogP contribution in [0.4, 0.5) is 5.69 Å². The SMILES string of the molecule is COCCCC(N)C(=O)Nc1cnn(C)c1. The summed E-state index contributed by atoms with van der Waals surface area (Å²) >= 11 is 0. The van der Waals surface area contributed by atoms with Crippen molar-refractivity contribution in [3.05, 3.63) is 12.4 Å². The van der Waals surface area contributed by atoms with Crippen molar-refractivity contribution < 1.29 is 9.53 Å². The molecule has 0 saturated heterocycles. The number of methoxy groups -OCH3 is 1. The predicted octanol–water partition coefficient (Wildman–Crippen LogP) is 0.113. The smallest absolute Gasteiger partial charge is 0.241 e. The van der Waals surface area contributed by atoms with Crippen LogP contribution in [0.5, 0.6) is 0 Å². The molecule has 1 atom stereocenters. The first-order valence-electron chi connectivity index (χ1n) is 5.17. The highest BCUT2D eigenvalue weighted by molar-refractivity contribution is 5.94. The maximum absolute atomic E-state index is 11.6. The molecule has 6 nitrogen and oxygen atoms in total. The molecule has 90 valence electrons. The summed E-state index contributed by atoms with van der Waals surface area (Å²) in [5.74, 6) is -0.191. The summed E-state index contributed by atoms with van der Waals surface area (Å²) in [6, 6.07) is -0.504. The molecule has 0 aliphatic heterocycles. The number of hydrogen-bond donors (Lipinski definition) is 2. The zero-order chi connectivity index (χ0) is 12.0. The third-order valence-electron chi connectivity index (χ3n) is 2.17. The molecule has 3 N–H and O–H groups in total. The number of hydrogen-bond acceptors (Lipinski definition) is 4. The number of nitrogens with zero attached hydrogens (tertiary/aromatic N) is 2. The van der Waals surface area contributed by atoms with Crippen LogP contribution in [-0.4, -0.2) is 35.4 Å². The molecule has 0 bridgehead atoms. The van der Waals surface area contributed by atoms with E-state index in [4.69, 9.17) is 10.5 Å². The van der Waals surface area contributed by atoms with Gasteiger partial charge in [0.15, 0.2) is 0 Å². The van der Waals surface area contributed by atoms with Crippen molar-refractivity contribution >= 4 is 11.6 Å². The Hall–Kier alpha value is -1.40. The Bertz CT molecular complexity index is 337. The highest BCUT2D eigenvalue weighted by Crippen LogP contribution is 2.05. The molecule has 1 unspecified atom stereocenters. The molecule has 1 aromatic rings. The molecule has 1 rings (SSSR count). The van der Waals surface area contributed by atoms with Crippen LogP contribution in [0.15, 0.2) is 12.4 Å². The fourth-order valence-electron chi connectivity index (χ4n) is 1.30. The number of amides is 1.